The maximum absolute atomic E-state index is 12.2. The smallest absolute Gasteiger partial charge is 0.272 e. The van der Waals surface area contributed by atoms with Crippen LogP contribution in [0, 0.1) is 5.92 Å². The van der Waals surface area contributed by atoms with E-state index < -0.39 is 0 Å². The molecule has 1 fully saturated rings. The summed E-state index contributed by atoms with van der Waals surface area (Å²) < 4.78 is 1.76. The number of alkyl halides is 1. The van der Waals surface area contributed by atoms with Gasteiger partial charge in [-0.1, -0.05) is 0 Å². The molecule has 1 saturated heterocycles. The van der Waals surface area contributed by atoms with Gasteiger partial charge in [0.15, 0.2) is 0 Å². The Morgan fingerprint density at radius 3 is 3.12 bits per heavy atom. The highest BCUT2D eigenvalue weighted by atomic mass is 35.5. The van der Waals surface area contributed by atoms with Crippen LogP contribution in [0.25, 0.3) is 0 Å². The Labute approximate surface area is 100 Å². The number of hydrogen-bond donors (Lipinski definition) is 0. The monoisotopic (exact) mass is 241 g/mol. The lowest BCUT2D eigenvalue weighted by Gasteiger charge is -2.31. The Balaban J connectivity index is 2.07. The standard InChI is InChI=1S/C11H16ClN3O/c1-14-8-13-6-10(14)11(16)15-4-2-3-9(5-12)7-15/h6,8-9H,2-5,7H2,1H3. The number of halogens is 1. The zero-order valence-corrected chi connectivity index (χ0v) is 10.2. The number of piperidine rings is 1. The summed E-state index contributed by atoms with van der Waals surface area (Å²) in [5.41, 5.74) is 0.648. The van der Waals surface area contributed by atoms with Crippen LogP contribution in [0.2, 0.25) is 0 Å². The number of nitrogens with zero attached hydrogens (tertiary/aromatic N) is 3. The fourth-order valence-corrected chi connectivity index (χ4v) is 2.35. The van der Waals surface area contributed by atoms with E-state index in [0.717, 1.165) is 25.9 Å². The molecule has 4 nitrogen and oxygen atoms in total. The number of carbonyl (C=O) groups excluding carboxylic acids is 1. The van der Waals surface area contributed by atoms with Gasteiger partial charge in [-0.05, 0) is 18.8 Å². The van der Waals surface area contributed by atoms with Crippen LogP contribution >= 0.6 is 11.6 Å². The quantitative estimate of drug-likeness (QED) is 0.737. The molecule has 1 aromatic heterocycles. The zero-order chi connectivity index (χ0) is 11.5. The van der Waals surface area contributed by atoms with Crippen molar-refractivity contribution in [3.05, 3.63) is 18.2 Å². The summed E-state index contributed by atoms with van der Waals surface area (Å²) in [5.74, 6) is 1.14. The number of rotatable bonds is 2. The first-order valence-corrected chi connectivity index (χ1v) is 6.07. The third-order valence-corrected chi connectivity index (χ3v) is 3.50. The van der Waals surface area contributed by atoms with E-state index in [1.54, 1.807) is 17.1 Å². The Hall–Kier alpha value is -1.03. The lowest BCUT2D eigenvalue weighted by molar-refractivity contribution is 0.0675. The predicted molar refractivity (Wildman–Crippen MR) is 62.6 cm³/mol. The number of hydrogen-bond acceptors (Lipinski definition) is 2. The first-order valence-electron chi connectivity index (χ1n) is 5.54. The molecule has 0 N–H and O–H groups in total. The Kier molecular flexibility index (Phi) is 3.49. The van der Waals surface area contributed by atoms with Crippen molar-refractivity contribution in [2.75, 3.05) is 19.0 Å². The van der Waals surface area contributed by atoms with E-state index in [1.165, 1.54) is 0 Å². The van der Waals surface area contributed by atoms with Crippen LogP contribution in [-0.2, 0) is 7.05 Å². The number of aromatic nitrogens is 2. The van der Waals surface area contributed by atoms with E-state index in [2.05, 4.69) is 4.98 Å². The molecule has 5 heteroatoms. The SMILES string of the molecule is Cn1cncc1C(=O)N1CCCC(CCl)C1. The molecule has 1 aliphatic heterocycles. The first kappa shape index (κ1) is 11.5. The van der Waals surface area contributed by atoms with Crippen LogP contribution < -0.4 is 0 Å². The normalized spacial score (nSPS) is 21.1. The molecule has 0 radical (unpaired) electrons. The third kappa shape index (κ3) is 2.21. The Morgan fingerprint density at radius 2 is 2.50 bits per heavy atom. The van der Waals surface area contributed by atoms with E-state index in [9.17, 15) is 4.79 Å². The third-order valence-electron chi connectivity index (χ3n) is 3.06. The van der Waals surface area contributed by atoms with Crippen LogP contribution in [0.1, 0.15) is 23.3 Å². The molecule has 0 spiro atoms. The lowest BCUT2D eigenvalue weighted by atomic mass is 10.00. The summed E-state index contributed by atoms with van der Waals surface area (Å²) >= 11 is 5.85. The molecule has 1 atom stereocenters. The lowest BCUT2D eigenvalue weighted by Crippen LogP contribution is -2.41. The van der Waals surface area contributed by atoms with E-state index >= 15 is 0 Å². The van der Waals surface area contributed by atoms with Crippen LogP contribution in [0.3, 0.4) is 0 Å². The molecular weight excluding hydrogens is 226 g/mol. The van der Waals surface area contributed by atoms with Gasteiger partial charge in [-0.3, -0.25) is 4.79 Å². The van der Waals surface area contributed by atoms with E-state index in [0.29, 0.717) is 17.5 Å². The summed E-state index contributed by atoms with van der Waals surface area (Å²) in [6, 6.07) is 0. The van der Waals surface area contributed by atoms with Crippen molar-refractivity contribution >= 4 is 17.5 Å². The van der Waals surface area contributed by atoms with Crippen molar-refractivity contribution in [2.45, 2.75) is 12.8 Å². The molecule has 0 aliphatic carbocycles. The summed E-state index contributed by atoms with van der Waals surface area (Å²) in [6.07, 6.45) is 5.43. The minimum atomic E-state index is 0.0646. The average molecular weight is 242 g/mol. The maximum atomic E-state index is 12.2. The van der Waals surface area contributed by atoms with Crippen molar-refractivity contribution < 1.29 is 4.79 Å². The van der Waals surface area contributed by atoms with E-state index in [-0.39, 0.29) is 5.91 Å². The van der Waals surface area contributed by atoms with Gasteiger partial charge in [-0.25, -0.2) is 4.98 Å². The second-order valence-corrected chi connectivity index (χ2v) is 4.61. The molecular formula is C11H16ClN3O. The molecule has 0 aromatic carbocycles. The minimum Gasteiger partial charge on any atom is -0.337 e. The van der Waals surface area contributed by atoms with Gasteiger partial charge < -0.3 is 9.47 Å². The molecule has 1 aromatic rings. The molecule has 1 amide bonds. The largest absolute Gasteiger partial charge is 0.337 e. The van der Waals surface area contributed by atoms with Crippen molar-refractivity contribution in [1.82, 2.24) is 14.5 Å². The van der Waals surface area contributed by atoms with Gasteiger partial charge in [-0.2, -0.15) is 0 Å². The molecule has 0 saturated carbocycles. The van der Waals surface area contributed by atoms with E-state index in [1.807, 2.05) is 11.9 Å². The molecule has 1 unspecified atom stereocenters. The van der Waals surface area contributed by atoms with Crippen molar-refractivity contribution in [1.29, 1.82) is 0 Å². The molecule has 2 rings (SSSR count). The van der Waals surface area contributed by atoms with Gasteiger partial charge in [0, 0.05) is 26.0 Å². The van der Waals surface area contributed by atoms with E-state index in [4.69, 9.17) is 11.6 Å². The van der Waals surface area contributed by atoms with Gasteiger partial charge in [0.2, 0.25) is 0 Å². The molecule has 1 aliphatic rings. The highest BCUT2D eigenvalue weighted by molar-refractivity contribution is 6.18. The number of carbonyl (C=O) groups is 1. The second-order valence-electron chi connectivity index (χ2n) is 4.30. The second kappa shape index (κ2) is 4.87. The van der Waals surface area contributed by atoms with Crippen LogP contribution in [0.15, 0.2) is 12.5 Å². The molecule has 0 bridgehead atoms. The van der Waals surface area contributed by atoms with Crippen LogP contribution in [-0.4, -0.2) is 39.3 Å². The summed E-state index contributed by atoms with van der Waals surface area (Å²) in [7, 11) is 1.84. The fraction of sp³-hybridized carbons (Fsp3) is 0.636. The van der Waals surface area contributed by atoms with Crippen LogP contribution in [0.5, 0.6) is 0 Å². The van der Waals surface area contributed by atoms with Gasteiger partial charge in [0.05, 0.1) is 12.5 Å². The summed E-state index contributed by atoms with van der Waals surface area (Å²) in [5, 5.41) is 0. The Morgan fingerprint density at radius 1 is 1.69 bits per heavy atom. The number of imidazole rings is 1. The summed E-state index contributed by atoms with van der Waals surface area (Å²) in [4.78, 5) is 18.0. The number of amides is 1. The highest BCUT2D eigenvalue weighted by Crippen LogP contribution is 2.19. The van der Waals surface area contributed by atoms with Gasteiger partial charge in [0.25, 0.3) is 5.91 Å². The topological polar surface area (TPSA) is 38.1 Å². The van der Waals surface area contributed by atoms with Gasteiger partial charge in [0.1, 0.15) is 5.69 Å². The average Bonchev–Trinajstić information content (AvgIpc) is 2.74. The molecule has 16 heavy (non-hydrogen) atoms. The highest BCUT2D eigenvalue weighted by Gasteiger charge is 2.25. The predicted octanol–water partition coefficient (Wildman–Crippen LogP) is 1.51. The maximum Gasteiger partial charge on any atom is 0.272 e. The van der Waals surface area contributed by atoms with Gasteiger partial charge in [-0.15, -0.1) is 11.6 Å². The minimum absolute atomic E-state index is 0.0646. The van der Waals surface area contributed by atoms with Crippen molar-refractivity contribution in [3.63, 3.8) is 0 Å². The fourth-order valence-electron chi connectivity index (χ4n) is 2.10. The van der Waals surface area contributed by atoms with Gasteiger partial charge >= 0.3 is 0 Å². The van der Waals surface area contributed by atoms with Crippen LogP contribution in [0.4, 0.5) is 0 Å². The molecule has 2 heterocycles. The number of aryl methyl sites for hydroxylation is 1. The zero-order valence-electron chi connectivity index (χ0n) is 9.40. The van der Waals surface area contributed by atoms with Crippen molar-refractivity contribution in [3.8, 4) is 0 Å². The Bertz CT molecular complexity index is 377. The number of likely N-dealkylation sites (tertiary alicyclic amines) is 1. The first-order chi connectivity index (χ1) is 7.72. The van der Waals surface area contributed by atoms with Crippen molar-refractivity contribution in [2.24, 2.45) is 13.0 Å². The molecule has 88 valence electrons. The summed E-state index contributed by atoms with van der Waals surface area (Å²) in [6.45, 7) is 1.60.